The van der Waals surface area contributed by atoms with Gasteiger partial charge in [0.1, 0.15) is 11.2 Å². The van der Waals surface area contributed by atoms with Crippen LogP contribution in [-0.4, -0.2) is 0 Å². The average Bonchev–Trinajstić information content (AvgIpc) is 4.03. The van der Waals surface area contributed by atoms with Gasteiger partial charge >= 0.3 is 0 Å². The number of nitrogens with zero attached hydrogens (tertiary/aromatic N) is 1. The van der Waals surface area contributed by atoms with Crippen molar-refractivity contribution >= 4 is 49.8 Å². The molecule has 12 rings (SSSR count). The molecule has 1 aliphatic carbocycles. The van der Waals surface area contributed by atoms with Crippen molar-refractivity contribution in [2.45, 2.75) is 19.3 Å². The standard InChI is InChI=1S/C61H43NO/c1-61(2)56-23-9-8-19-53(56)54-22-11-21-51(59(54)61)45-31-36-48(37-32-45)62(47-34-29-43(30-35-47)42-27-25-41(26-28-42)40-13-4-3-5-14-40)49-17-10-16-46(39-49)50-20-12-24-57-58(50)55-38-33-44-15-6-7-18-52(44)60(55)63-57/h3-39H,1-2H3/i3D,4D,5D,13D,14D,25D,26D,27D,28D,29D,30D,34D,35D. The minimum Gasteiger partial charge on any atom is -0.455 e. The highest BCUT2D eigenvalue weighted by Gasteiger charge is 2.37. The van der Waals surface area contributed by atoms with Gasteiger partial charge in [-0.25, -0.2) is 0 Å². The lowest BCUT2D eigenvalue weighted by atomic mass is 9.79. The molecule has 11 aromatic rings. The van der Waals surface area contributed by atoms with Crippen LogP contribution in [-0.2, 0) is 5.41 Å². The van der Waals surface area contributed by atoms with Gasteiger partial charge in [0, 0.05) is 38.6 Å². The Hall–Kier alpha value is -7.94. The van der Waals surface area contributed by atoms with Crippen LogP contribution in [0.25, 0.3) is 88.3 Å². The molecule has 0 saturated carbocycles. The number of furan rings is 1. The first-order chi connectivity index (χ1) is 36.4. The first-order valence-corrected chi connectivity index (χ1v) is 20.8. The third-order valence-electron chi connectivity index (χ3n) is 12.3. The second-order valence-electron chi connectivity index (χ2n) is 16.2. The van der Waals surface area contributed by atoms with Crippen molar-refractivity contribution in [1.29, 1.82) is 0 Å². The number of hydrogen-bond donors (Lipinski definition) is 0. The molecule has 0 N–H and O–H groups in total. The molecule has 0 amide bonds. The van der Waals surface area contributed by atoms with Crippen LogP contribution < -0.4 is 4.90 Å². The molecule has 2 nitrogen and oxygen atoms in total. The van der Waals surface area contributed by atoms with E-state index in [4.69, 9.17) is 14.0 Å². The van der Waals surface area contributed by atoms with Crippen molar-refractivity contribution in [2.75, 3.05) is 4.90 Å². The number of fused-ring (bicyclic) bond motifs is 8. The summed E-state index contributed by atoms with van der Waals surface area (Å²) in [6, 6.07) is 39.0. The number of hydrogen-bond acceptors (Lipinski definition) is 2. The fourth-order valence-corrected chi connectivity index (χ4v) is 9.37. The van der Waals surface area contributed by atoms with Crippen LogP contribution in [0.3, 0.4) is 0 Å². The number of benzene rings is 10. The van der Waals surface area contributed by atoms with Crippen molar-refractivity contribution < 1.29 is 22.2 Å². The van der Waals surface area contributed by atoms with E-state index in [9.17, 15) is 8.22 Å². The first kappa shape index (κ1) is 25.7. The quantitative estimate of drug-likeness (QED) is 0.159. The molecule has 63 heavy (non-hydrogen) atoms. The van der Waals surface area contributed by atoms with E-state index in [1.807, 2.05) is 97.1 Å². The minimum absolute atomic E-state index is 0.148. The van der Waals surface area contributed by atoms with Crippen molar-refractivity contribution in [3.63, 3.8) is 0 Å². The van der Waals surface area contributed by atoms with E-state index >= 15 is 0 Å². The van der Waals surface area contributed by atoms with E-state index in [1.54, 1.807) is 4.90 Å². The highest BCUT2D eigenvalue weighted by molar-refractivity contribution is 6.19. The molecule has 0 radical (unpaired) electrons. The average molecular weight is 819 g/mol. The lowest BCUT2D eigenvalue weighted by Gasteiger charge is -2.27. The number of rotatable bonds is 7. The van der Waals surface area contributed by atoms with Crippen LogP contribution in [0.2, 0.25) is 0 Å². The monoisotopic (exact) mass is 818 g/mol. The highest BCUT2D eigenvalue weighted by Crippen LogP contribution is 2.52. The summed E-state index contributed by atoms with van der Waals surface area (Å²) in [5.74, 6) is 0. The summed E-state index contributed by atoms with van der Waals surface area (Å²) in [4.78, 5) is 1.66. The van der Waals surface area contributed by atoms with Crippen LogP contribution in [0.5, 0.6) is 0 Å². The Morgan fingerprint density at radius 3 is 1.86 bits per heavy atom. The summed E-state index contributed by atoms with van der Waals surface area (Å²) in [5.41, 5.74) is 8.19. The van der Waals surface area contributed by atoms with Crippen molar-refractivity contribution in [1.82, 2.24) is 0 Å². The number of anilines is 3. The minimum atomic E-state index is -0.779. The molecule has 0 spiro atoms. The third kappa shape index (κ3) is 6.09. The van der Waals surface area contributed by atoms with Crippen LogP contribution in [0.4, 0.5) is 17.1 Å². The summed E-state index contributed by atoms with van der Waals surface area (Å²) in [6.07, 6.45) is 0. The fraction of sp³-hybridized carbons (Fsp3) is 0.0492. The molecule has 0 atom stereocenters. The third-order valence-corrected chi connectivity index (χ3v) is 12.3. The zero-order chi connectivity index (χ0) is 53.4. The Morgan fingerprint density at radius 2 is 1.06 bits per heavy atom. The van der Waals surface area contributed by atoms with Gasteiger partial charge in [-0.05, 0) is 121 Å². The van der Waals surface area contributed by atoms with E-state index in [0.717, 1.165) is 54.9 Å². The predicted molar refractivity (Wildman–Crippen MR) is 265 cm³/mol. The Labute approximate surface area is 386 Å². The highest BCUT2D eigenvalue weighted by atomic mass is 16.3. The van der Waals surface area contributed by atoms with Crippen molar-refractivity contribution in [3.8, 4) is 55.6 Å². The van der Waals surface area contributed by atoms with E-state index in [1.165, 1.54) is 16.7 Å². The second kappa shape index (κ2) is 14.6. The molecule has 10 aromatic carbocycles. The summed E-state index contributed by atoms with van der Waals surface area (Å²) in [7, 11) is 0. The summed E-state index contributed by atoms with van der Waals surface area (Å²) < 4.78 is 123. The molecule has 1 aromatic heterocycles. The summed E-state index contributed by atoms with van der Waals surface area (Å²) in [6.45, 7) is 4.45. The van der Waals surface area contributed by atoms with Crippen LogP contribution in [0.1, 0.15) is 42.8 Å². The summed E-state index contributed by atoms with van der Waals surface area (Å²) in [5, 5.41) is 3.83. The molecule has 298 valence electrons. The fourth-order valence-electron chi connectivity index (χ4n) is 9.37. The summed E-state index contributed by atoms with van der Waals surface area (Å²) >= 11 is 0. The molecule has 0 fully saturated rings. The van der Waals surface area contributed by atoms with Gasteiger partial charge in [-0.2, -0.15) is 0 Å². The first-order valence-electron chi connectivity index (χ1n) is 27.3. The maximum atomic E-state index is 9.76. The molecular formula is C61H43NO. The maximum absolute atomic E-state index is 9.76. The van der Waals surface area contributed by atoms with Gasteiger partial charge in [0.2, 0.25) is 0 Å². The second-order valence-corrected chi connectivity index (χ2v) is 16.2. The van der Waals surface area contributed by atoms with Gasteiger partial charge in [0.25, 0.3) is 0 Å². The Kier molecular flexibility index (Phi) is 5.97. The van der Waals surface area contributed by atoms with Crippen LogP contribution in [0.15, 0.2) is 229 Å². The van der Waals surface area contributed by atoms with E-state index in [0.29, 0.717) is 17.0 Å². The topological polar surface area (TPSA) is 16.4 Å². The predicted octanol–water partition coefficient (Wildman–Crippen LogP) is 17.2. The van der Waals surface area contributed by atoms with Gasteiger partial charge in [-0.1, -0.05) is 190 Å². The lowest BCUT2D eigenvalue weighted by Crippen LogP contribution is -2.16. The molecule has 0 saturated heterocycles. The normalized spacial score (nSPS) is 15.6. The SMILES string of the molecule is [2H]c1c([2H])c([2H])c(-c2c([2H])c([2H])c(-c3c([2H])c([2H])c(N(c4ccc(-c5cccc6c5C(C)(C)c5ccccc5-6)cc4)c4cccc(-c5cccc6oc7c8ccccc8ccc7c56)c4)c([2H])c3[2H])c([2H])c2[2H])c([2H])c1[2H]. The molecule has 1 aliphatic rings. The van der Waals surface area contributed by atoms with Crippen molar-refractivity contribution in [3.05, 3.63) is 235 Å². The Balaban J connectivity index is 1.05. The van der Waals surface area contributed by atoms with Crippen molar-refractivity contribution in [2.24, 2.45) is 0 Å². The van der Waals surface area contributed by atoms with Gasteiger partial charge in [0.05, 0.1) is 17.8 Å². The Morgan fingerprint density at radius 1 is 0.429 bits per heavy atom. The maximum Gasteiger partial charge on any atom is 0.143 e. The molecule has 0 bridgehead atoms. The smallest absolute Gasteiger partial charge is 0.143 e. The zero-order valence-electron chi connectivity index (χ0n) is 47.2. The molecule has 2 heteroatoms. The van der Waals surface area contributed by atoms with Crippen LogP contribution >= 0.6 is 0 Å². The van der Waals surface area contributed by atoms with E-state index in [-0.39, 0.29) is 11.1 Å². The zero-order valence-corrected chi connectivity index (χ0v) is 34.2. The lowest BCUT2D eigenvalue weighted by molar-refractivity contribution is 0.662. The van der Waals surface area contributed by atoms with Crippen LogP contribution in [0, 0.1) is 0 Å². The van der Waals surface area contributed by atoms with Gasteiger partial charge in [0.15, 0.2) is 0 Å². The molecule has 1 heterocycles. The van der Waals surface area contributed by atoms with Gasteiger partial charge < -0.3 is 9.32 Å². The molecule has 0 unspecified atom stereocenters. The Bertz CT molecular complexity index is 4230. The largest absolute Gasteiger partial charge is 0.455 e. The van der Waals surface area contributed by atoms with Gasteiger partial charge in [-0.3, -0.25) is 0 Å². The molecule has 0 aliphatic heterocycles. The van der Waals surface area contributed by atoms with E-state index < -0.39 is 101 Å². The van der Waals surface area contributed by atoms with E-state index in [2.05, 4.69) is 62.4 Å². The van der Waals surface area contributed by atoms with Gasteiger partial charge in [-0.15, -0.1) is 0 Å². The molecular weight excluding hydrogens is 763 g/mol.